The van der Waals surface area contributed by atoms with Crippen molar-refractivity contribution in [3.05, 3.63) is 71.5 Å². The lowest BCUT2D eigenvalue weighted by atomic mass is 9.95. The van der Waals surface area contributed by atoms with Gasteiger partial charge in [0.2, 0.25) is 5.78 Å². The minimum atomic E-state index is -0.515. The zero-order valence-electron chi connectivity index (χ0n) is 13.5. The lowest BCUT2D eigenvalue weighted by Crippen LogP contribution is -2.08. The highest BCUT2D eigenvalue weighted by molar-refractivity contribution is 6.19. The highest BCUT2D eigenvalue weighted by Gasteiger charge is 2.22. The molecule has 26 heavy (non-hydrogen) atoms. The zero-order chi connectivity index (χ0) is 18.3. The van der Waals surface area contributed by atoms with Crippen molar-refractivity contribution in [2.75, 3.05) is 5.73 Å². The number of hydrogen-bond acceptors (Lipinski definition) is 6. The van der Waals surface area contributed by atoms with E-state index in [1.807, 2.05) is 0 Å². The molecule has 0 bridgehead atoms. The SMILES string of the molecule is Nc1ccc2c(C(=O)c3cc4ccccc4c(C=O)c3O)nncc2c1. The van der Waals surface area contributed by atoms with Crippen molar-refractivity contribution in [3.63, 3.8) is 0 Å². The van der Waals surface area contributed by atoms with Gasteiger partial charge in [0.25, 0.3) is 0 Å². The Morgan fingerprint density at radius 2 is 1.85 bits per heavy atom. The van der Waals surface area contributed by atoms with E-state index < -0.39 is 5.78 Å². The summed E-state index contributed by atoms with van der Waals surface area (Å²) in [6.07, 6.45) is 2.06. The molecule has 0 spiro atoms. The quantitative estimate of drug-likeness (QED) is 0.336. The summed E-state index contributed by atoms with van der Waals surface area (Å²) >= 11 is 0. The average molecular weight is 343 g/mol. The molecule has 0 aliphatic rings. The van der Waals surface area contributed by atoms with Gasteiger partial charge in [-0.25, -0.2) is 0 Å². The predicted octanol–water partition coefficient (Wildman–Crippen LogP) is 3.11. The summed E-state index contributed by atoms with van der Waals surface area (Å²) < 4.78 is 0. The van der Waals surface area contributed by atoms with Crippen LogP contribution in [0.1, 0.15) is 26.4 Å². The van der Waals surface area contributed by atoms with Crippen LogP contribution in [0.4, 0.5) is 5.69 Å². The van der Waals surface area contributed by atoms with E-state index in [4.69, 9.17) is 5.73 Å². The summed E-state index contributed by atoms with van der Waals surface area (Å²) in [6.45, 7) is 0. The first-order valence-corrected chi connectivity index (χ1v) is 7.85. The number of nitrogens with two attached hydrogens (primary N) is 1. The standard InChI is InChI=1S/C20H13N3O3/c21-13-5-6-15-12(7-13)9-22-23-18(15)20(26)16-8-11-3-1-2-4-14(11)17(10-24)19(16)25/h1-10,25H,21H2. The summed E-state index contributed by atoms with van der Waals surface area (Å²) in [5.41, 5.74) is 6.48. The minimum Gasteiger partial charge on any atom is -0.506 e. The third kappa shape index (κ3) is 2.36. The van der Waals surface area contributed by atoms with Crippen molar-refractivity contribution in [2.24, 2.45) is 0 Å². The number of fused-ring (bicyclic) bond motifs is 2. The van der Waals surface area contributed by atoms with Crippen LogP contribution in [0.5, 0.6) is 5.75 Å². The molecule has 1 aromatic heterocycles. The molecule has 4 aromatic rings. The topological polar surface area (TPSA) is 106 Å². The fourth-order valence-electron chi connectivity index (χ4n) is 3.06. The monoisotopic (exact) mass is 343 g/mol. The van der Waals surface area contributed by atoms with Gasteiger partial charge in [-0.1, -0.05) is 24.3 Å². The van der Waals surface area contributed by atoms with Crippen LogP contribution in [-0.2, 0) is 0 Å². The number of carbonyl (C=O) groups is 2. The van der Waals surface area contributed by atoms with Crippen LogP contribution in [0.2, 0.25) is 0 Å². The highest BCUT2D eigenvalue weighted by Crippen LogP contribution is 2.32. The third-order valence-corrected chi connectivity index (χ3v) is 4.32. The van der Waals surface area contributed by atoms with Gasteiger partial charge in [-0.3, -0.25) is 9.59 Å². The Balaban J connectivity index is 1.98. The van der Waals surface area contributed by atoms with Crippen LogP contribution in [0.15, 0.2) is 54.7 Å². The number of aromatic hydroxyl groups is 1. The van der Waals surface area contributed by atoms with Crippen molar-refractivity contribution in [1.82, 2.24) is 10.2 Å². The Morgan fingerprint density at radius 1 is 1.04 bits per heavy atom. The molecular formula is C20H13N3O3. The number of benzene rings is 3. The zero-order valence-corrected chi connectivity index (χ0v) is 13.5. The number of anilines is 1. The van der Waals surface area contributed by atoms with E-state index in [0.717, 1.165) is 0 Å². The van der Waals surface area contributed by atoms with E-state index in [1.54, 1.807) is 48.5 Å². The van der Waals surface area contributed by atoms with Crippen LogP contribution in [-0.4, -0.2) is 27.4 Å². The first-order valence-electron chi connectivity index (χ1n) is 7.85. The van der Waals surface area contributed by atoms with Crippen LogP contribution in [0, 0.1) is 0 Å². The Bertz CT molecular complexity index is 1200. The molecular weight excluding hydrogens is 330 g/mol. The number of phenols is 1. The molecule has 0 saturated carbocycles. The van der Waals surface area contributed by atoms with Gasteiger partial charge in [-0.15, -0.1) is 5.10 Å². The Morgan fingerprint density at radius 3 is 2.65 bits per heavy atom. The molecule has 0 radical (unpaired) electrons. The van der Waals surface area contributed by atoms with E-state index in [-0.39, 0.29) is 22.6 Å². The molecule has 0 amide bonds. The maximum Gasteiger partial charge on any atom is 0.217 e. The first-order chi connectivity index (χ1) is 12.6. The van der Waals surface area contributed by atoms with Gasteiger partial charge in [0, 0.05) is 16.5 Å². The van der Waals surface area contributed by atoms with Crippen molar-refractivity contribution < 1.29 is 14.7 Å². The van der Waals surface area contributed by atoms with Gasteiger partial charge >= 0.3 is 0 Å². The number of hydrogen-bond donors (Lipinski definition) is 2. The van der Waals surface area contributed by atoms with Gasteiger partial charge in [0.1, 0.15) is 11.4 Å². The molecule has 6 heteroatoms. The highest BCUT2D eigenvalue weighted by atomic mass is 16.3. The van der Waals surface area contributed by atoms with E-state index >= 15 is 0 Å². The fraction of sp³-hybridized carbons (Fsp3) is 0. The number of ketones is 1. The van der Waals surface area contributed by atoms with Gasteiger partial charge in [-0.05, 0) is 35.0 Å². The van der Waals surface area contributed by atoms with Gasteiger partial charge in [0.15, 0.2) is 6.29 Å². The molecule has 0 saturated heterocycles. The molecule has 0 atom stereocenters. The number of nitrogen functional groups attached to an aromatic ring is 1. The van der Waals surface area contributed by atoms with E-state index in [1.165, 1.54) is 6.20 Å². The van der Waals surface area contributed by atoms with E-state index in [2.05, 4.69) is 10.2 Å². The van der Waals surface area contributed by atoms with Crippen LogP contribution in [0.3, 0.4) is 0 Å². The smallest absolute Gasteiger partial charge is 0.217 e. The summed E-state index contributed by atoms with van der Waals surface area (Å²) in [7, 11) is 0. The molecule has 1 heterocycles. The van der Waals surface area contributed by atoms with E-state index in [9.17, 15) is 14.7 Å². The van der Waals surface area contributed by atoms with Gasteiger partial charge in [-0.2, -0.15) is 5.10 Å². The van der Waals surface area contributed by atoms with Gasteiger partial charge in [0.05, 0.1) is 17.3 Å². The molecule has 6 nitrogen and oxygen atoms in total. The second kappa shape index (κ2) is 5.93. The van der Waals surface area contributed by atoms with Crippen molar-refractivity contribution >= 4 is 39.3 Å². The summed E-state index contributed by atoms with van der Waals surface area (Å²) in [6, 6.07) is 13.6. The lowest BCUT2D eigenvalue weighted by molar-refractivity contribution is 0.103. The molecule has 0 fully saturated rings. The van der Waals surface area contributed by atoms with Gasteiger partial charge < -0.3 is 10.8 Å². The molecule has 4 rings (SSSR count). The Hall–Kier alpha value is -3.80. The summed E-state index contributed by atoms with van der Waals surface area (Å²) in [4.78, 5) is 24.6. The molecule has 3 N–H and O–H groups in total. The largest absolute Gasteiger partial charge is 0.506 e. The first kappa shape index (κ1) is 15.7. The number of rotatable bonds is 3. The molecule has 0 aliphatic heterocycles. The minimum absolute atomic E-state index is 0.00410. The van der Waals surface area contributed by atoms with Crippen LogP contribution in [0.25, 0.3) is 21.5 Å². The Labute approximate surface area is 147 Å². The Kier molecular flexibility index (Phi) is 3.58. The van der Waals surface area contributed by atoms with Crippen molar-refractivity contribution in [3.8, 4) is 5.75 Å². The summed E-state index contributed by atoms with van der Waals surface area (Å²) in [5.74, 6) is -0.878. The average Bonchev–Trinajstić information content (AvgIpc) is 2.66. The van der Waals surface area contributed by atoms with Crippen molar-refractivity contribution in [1.29, 1.82) is 0 Å². The van der Waals surface area contributed by atoms with Crippen molar-refractivity contribution in [2.45, 2.75) is 0 Å². The second-order valence-electron chi connectivity index (χ2n) is 5.89. The summed E-state index contributed by atoms with van der Waals surface area (Å²) in [5, 5.41) is 20.8. The lowest BCUT2D eigenvalue weighted by Gasteiger charge is -2.10. The number of nitrogens with zero attached hydrogens (tertiary/aromatic N) is 2. The molecule has 3 aromatic carbocycles. The maximum atomic E-state index is 13.1. The number of aromatic nitrogens is 2. The second-order valence-corrected chi connectivity index (χ2v) is 5.89. The predicted molar refractivity (Wildman–Crippen MR) is 98.4 cm³/mol. The fourth-order valence-corrected chi connectivity index (χ4v) is 3.06. The molecule has 0 unspecified atom stereocenters. The van der Waals surface area contributed by atoms with Crippen LogP contribution < -0.4 is 5.73 Å². The number of aldehydes is 1. The van der Waals surface area contributed by atoms with E-state index in [0.29, 0.717) is 33.5 Å². The normalized spacial score (nSPS) is 10.9. The molecule has 0 aliphatic carbocycles. The molecule has 126 valence electrons. The third-order valence-electron chi connectivity index (χ3n) is 4.32. The van der Waals surface area contributed by atoms with Crippen LogP contribution >= 0.6 is 0 Å². The maximum absolute atomic E-state index is 13.1. The number of carbonyl (C=O) groups excluding carboxylic acids is 2. The number of phenolic OH excluding ortho intramolecular Hbond substituents is 1.